The van der Waals surface area contributed by atoms with E-state index < -0.39 is 10.8 Å². The third-order valence-electron chi connectivity index (χ3n) is 2.43. The van der Waals surface area contributed by atoms with Gasteiger partial charge in [0.15, 0.2) is 0 Å². The Morgan fingerprint density at radius 1 is 1.00 bits per heavy atom. The molecule has 0 aromatic heterocycles. The van der Waals surface area contributed by atoms with E-state index in [0.717, 1.165) is 11.1 Å². The fourth-order valence-electron chi connectivity index (χ4n) is 1.51. The molecule has 0 spiro atoms. The second-order valence-corrected chi connectivity index (χ2v) is 5.62. The first-order valence-corrected chi connectivity index (χ1v) is 7.35. The van der Waals surface area contributed by atoms with E-state index in [1.54, 1.807) is 5.41 Å². The summed E-state index contributed by atoms with van der Waals surface area (Å²) in [6.07, 6.45) is 1.86. The van der Waals surface area contributed by atoms with Crippen molar-refractivity contribution < 1.29 is 4.21 Å². The number of halogens is 1. The van der Waals surface area contributed by atoms with Gasteiger partial charge in [0.2, 0.25) is 0 Å². The van der Waals surface area contributed by atoms with E-state index in [1.165, 1.54) is 0 Å². The third-order valence-corrected chi connectivity index (χ3v) is 3.74. The Kier molecular flexibility index (Phi) is 4.73. The second-order valence-electron chi connectivity index (χ2n) is 3.86. The van der Waals surface area contributed by atoms with Crippen LogP contribution in [0.3, 0.4) is 0 Å². The van der Waals surface area contributed by atoms with Gasteiger partial charge in [-0.1, -0.05) is 54.1 Å². The van der Waals surface area contributed by atoms with Crippen LogP contribution in [0.4, 0.5) is 0 Å². The van der Waals surface area contributed by atoms with Crippen molar-refractivity contribution in [2.24, 2.45) is 0 Å². The molecular formula is C15H13ClOS. The van der Waals surface area contributed by atoms with E-state index in [-0.39, 0.29) is 0 Å². The predicted octanol–water partition coefficient (Wildman–Crippen LogP) is 4.26. The van der Waals surface area contributed by atoms with E-state index in [4.69, 9.17) is 11.6 Å². The topological polar surface area (TPSA) is 17.1 Å². The van der Waals surface area contributed by atoms with Crippen LogP contribution in [0.2, 0.25) is 5.02 Å². The maximum atomic E-state index is 11.9. The summed E-state index contributed by atoms with van der Waals surface area (Å²) in [4.78, 5) is 0. The van der Waals surface area contributed by atoms with Crippen molar-refractivity contribution in [1.82, 2.24) is 0 Å². The lowest BCUT2D eigenvalue weighted by molar-refractivity contribution is 0.688. The molecule has 0 amide bonds. The molecular weight excluding hydrogens is 264 g/mol. The number of hydrogen-bond donors (Lipinski definition) is 0. The first-order valence-electron chi connectivity index (χ1n) is 5.59. The van der Waals surface area contributed by atoms with Gasteiger partial charge in [-0.15, -0.1) is 0 Å². The van der Waals surface area contributed by atoms with Crippen molar-refractivity contribution in [1.29, 1.82) is 0 Å². The highest BCUT2D eigenvalue weighted by Gasteiger charge is 1.97. The summed E-state index contributed by atoms with van der Waals surface area (Å²) < 4.78 is 11.9. The summed E-state index contributed by atoms with van der Waals surface area (Å²) >= 11 is 5.80. The summed E-state index contributed by atoms with van der Waals surface area (Å²) in [6, 6.07) is 17.3. The molecule has 0 saturated heterocycles. The number of hydrogen-bond acceptors (Lipinski definition) is 1. The molecule has 2 rings (SSSR count). The zero-order valence-corrected chi connectivity index (χ0v) is 11.3. The quantitative estimate of drug-likeness (QED) is 0.815. The minimum atomic E-state index is -0.990. The molecule has 0 aliphatic heterocycles. The fraction of sp³-hybridized carbons (Fsp3) is 0.0667. The van der Waals surface area contributed by atoms with E-state index in [0.29, 0.717) is 10.8 Å². The Hall–Kier alpha value is -1.38. The summed E-state index contributed by atoms with van der Waals surface area (Å²) in [5.41, 5.74) is 2.08. The molecule has 0 N–H and O–H groups in total. The minimum absolute atomic E-state index is 0.547. The monoisotopic (exact) mass is 276 g/mol. The molecule has 0 saturated carbocycles. The van der Waals surface area contributed by atoms with E-state index in [1.807, 2.05) is 60.7 Å². The number of rotatable bonds is 4. The maximum absolute atomic E-state index is 11.9. The molecule has 3 heteroatoms. The van der Waals surface area contributed by atoms with Crippen LogP contribution in [0, 0.1) is 0 Å². The Labute approximate surface area is 115 Å². The van der Waals surface area contributed by atoms with Gasteiger partial charge < -0.3 is 0 Å². The van der Waals surface area contributed by atoms with Gasteiger partial charge in [-0.2, -0.15) is 0 Å². The SMILES string of the molecule is O=S(C=Cc1ccc(Cl)cc1)Cc1ccccc1. The van der Waals surface area contributed by atoms with Crippen LogP contribution in [0.15, 0.2) is 60.0 Å². The van der Waals surface area contributed by atoms with Gasteiger partial charge in [-0.05, 0) is 29.3 Å². The van der Waals surface area contributed by atoms with Gasteiger partial charge >= 0.3 is 0 Å². The molecule has 1 unspecified atom stereocenters. The average molecular weight is 277 g/mol. The van der Waals surface area contributed by atoms with Gasteiger partial charge in [-0.3, -0.25) is 4.21 Å². The third kappa shape index (κ3) is 4.13. The normalized spacial score (nSPS) is 12.7. The summed E-state index contributed by atoms with van der Waals surface area (Å²) in [5, 5.41) is 2.42. The van der Waals surface area contributed by atoms with Crippen LogP contribution in [0.5, 0.6) is 0 Å². The summed E-state index contributed by atoms with van der Waals surface area (Å²) in [7, 11) is -0.990. The molecule has 0 fully saturated rings. The molecule has 0 radical (unpaired) electrons. The molecule has 2 aromatic rings. The van der Waals surface area contributed by atoms with Crippen LogP contribution in [-0.2, 0) is 16.6 Å². The van der Waals surface area contributed by atoms with Crippen molar-refractivity contribution in [2.45, 2.75) is 5.75 Å². The van der Waals surface area contributed by atoms with Gasteiger partial charge in [0.1, 0.15) is 0 Å². The highest BCUT2D eigenvalue weighted by Crippen LogP contribution is 2.11. The smallest absolute Gasteiger partial charge is 0.0526 e. The Morgan fingerprint density at radius 3 is 2.33 bits per heavy atom. The van der Waals surface area contributed by atoms with Crippen LogP contribution in [0.25, 0.3) is 6.08 Å². The first-order chi connectivity index (χ1) is 8.74. The Morgan fingerprint density at radius 2 is 1.67 bits per heavy atom. The Bertz CT molecular complexity index is 546. The van der Waals surface area contributed by atoms with Gasteiger partial charge in [0, 0.05) is 10.4 Å². The van der Waals surface area contributed by atoms with Crippen molar-refractivity contribution in [2.75, 3.05) is 0 Å². The molecule has 1 nitrogen and oxygen atoms in total. The van der Waals surface area contributed by atoms with Crippen molar-refractivity contribution in [3.8, 4) is 0 Å². The van der Waals surface area contributed by atoms with Crippen molar-refractivity contribution in [3.05, 3.63) is 76.2 Å². The highest BCUT2D eigenvalue weighted by molar-refractivity contribution is 7.87. The molecule has 92 valence electrons. The Balaban J connectivity index is 1.97. The van der Waals surface area contributed by atoms with Crippen LogP contribution < -0.4 is 0 Å². The molecule has 18 heavy (non-hydrogen) atoms. The zero-order chi connectivity index (χ0) is 12.8. The van der Waals surface area contributed by atoms with Crippen LogP contribution in [0.1, 0.15) is 11.1 Å². The van der Waals surface area contributed by atoms with E-state index >= 15 is 0 Å². The largest absolute Gasteiger partial charge is 0.255 e. The standard InChI is InChI=1S/C15H13ClOS/c16-15-8-6-13(7-9-15)10-11-18(17)12-14-4-2-1-3-5-14/h1-11H,12H2. The molecule has 0 bridgehead atoms. The van der Waals surface area contributed by atoms with Gasteiger partial charge in [0.25, 0.3) is 0 Å². The zero-order valence-electron chi connectivity index (χ0n) is 9.75. The molecule has 0 heterocycles. The van der Waals surface area contributed by atoms with Crippen LogP contribution in [-0.4, -0.2) is 4.21 Å². The fourth-order valence-corrected chi connectivity index (χ4v) is 2.57. The summed E-state index contributed by atoms with van der Waals surface area (Å²) in [5.74, 6) is 0.547. The van der Waals surface area contributed by atoms with Gasteiger partial charge in [-0.25, -0.2) is 0 Å². The first kappa shape index (κ1) is 13.1. The molecule has 0 aliphatic rings. The lowest BCUT2D eigenvalue weighted by atomic mass is 10.2. The van der Waals surface area contributed by atoms with Gasteiger partial charge in [0.05, 0.1) is 16.6 Å². The lowest BCUT2D eigenvalue weighted by Gasteiger charge is -1.97. The van der Waals surface area contributed by atoms with E-state index in [9.17, 15) is 4.21 Å². The second kappa shape index (κ2) is 6.53. The highest BCUT2D eigenvalue weighted by atomic mass is 35.5. The predicted molar refractivity (Wildman–Crippen MR) is 78.8 cm³/mol. The van der Waals surface area contributed by atoms with Crippen LogP contribution >= 0.6 is 11.6 Å². The van der Waals surface area contributed by atoms with Crippen molar-refractivity contribution >= 4 is 28.5 Å². The summed E-state index contributed by atoms with van der Waals surface area (Å²) in [6.45, 7) is 0. The molecule has 2 aromatic carbocycles. The molecule has 0 aliphatic carbocycles. The average Bonchev–Trinajstić information content (AvgIpc) is 2.39. The maximum Gasteiger partial charge on any atom is 0.0526 e. The van der Waals surface area contributed by atoms with Crippen molar-refractivity contribution in [3.63, 3.8) is 0 Å². The van der Waals surface area contributed by atoms with E-state index in [2.05, 4.69) is 0 Å². The minimum Gasteiger partial charge on any atom is -0.255 e. The lowest BCUT2D eigenvalue weighted by Crippen LogP contribution is -1.90. The molecule has 1 atom stereocenters. The number of benzene rings is 2.